The second kappa shape index (κ2) is 5.05. The number of rotatable bonds is 3. The number of ether oxygens (including phenoxy) is 2. The van der Waals surface area contributed by atoms with Gasteiger partial charge in [-0.2, -0.15) is 0 Å². The second-order valence-electron chi connectivity index (χ2n) is 4.98. The van der Waals surface area contributed by atoms with E-state index >= 15 is 0 Å². The highest BCUT2D eigenvalue weighted by molar-refractivity contribution is 5.67. The topological polar surface area (TPSA) is 84.9 Å². The average Bonchev–Trinajstić information content (AvgIpc) is 1.95. The van der Waals surface area contributed by atoms with Crippen molar-refractivity contribution in [2.75, 3.05) is 6.54 Å². The third kappa shape index (κ3) is 7.90. The molecular weight excluding hydrogens is 214 g/mol. The lowest BCUT2D eigenvalue weighted by atomic mass is 10.1. The first-order valence-electron chi connectivity index (χ1n) is 4.91. The molecule has 0 aromatic carbocycles. The van der Waals surface area contributed by atoms with Crippen LogP contribution in [0.25, 0.3) is 0 Å². The fourth-order valence-electron chi connectivity index (χ4n) is 0.872. The molecule has 16 heavy (non-hydrogen) atoms. The first-order chi connectivity index (χ1) is 7.02. The first kappa shape index (κ1) is 14.5. The number of carbonyl (C=O) groups excluding carboxylic acids is 1. The minimum atomic E-state index is -1.38. The molecule has 0 unspecified atom stereocenters. The number of hydrogen-bond donors (Lipinski definition) is 2. The van der Waals surface area contributed by atoms with Crippen LogP contribution in [0, 0.1) is 0 Å². The van der Waals surface area contributed by atoms with Crippen LogP contribution in [0.3, 0.4) is 0 Å². The van der Waals surface area contributed by atoms with Crippen LogP contribution in [-0.2, 0) is 9.47 Å². The van der Waals surface area contributed by atoms with Crippen molar-refractivity contribution >= 4 is 12.2 Å². The van der Waals surface area contributed by atoms with E-state index in [1.807, 2.05) is 0 Å². The molecule has 1 amide bonds. The van der Waals surface area contributed by atoms with Gasteiger partial charge < -0.3 is 19.9 Å². The Kier molecular flexibility index (Phi) is 4.59. The summed E-state index contributed by atoms with van der Waals surface area (Å²) in [6.07, 6.45) is -1.98. The van der Waals surface area contributed by atoms with Gasteiger partial charge in [-0.15, -0.1) is 0 Å². The summed E-state index contributed by atoms with van der Waals surface area (Å²) in [7, 11) is 0. The Labute approximate surface area is 94.9 Å². The largest absolute Gasteiger partial charge is 0.506 e. The molecule has 0 aliphatic rings. The van der Waals surface area contributed by atoms with Crippen LogP contribution < -0.4 is 5.32 Å². The number of amides is 1. The molecule has 94 valence electrons. The monoisotopic (exact) mass is 233 g/mol. The van der Waals surface area contributed by atoms with Crippen LogP contribution >= 0.6 is 0 Å². The van der Waals surface area contributed by atoms with Gasteiger partial charge in [-0.25, -0.2) is 9.59 Å². The SMILES string of the molecule is CC(C)(C)OC(=O)NCC(C)(C)OC(=O)O. The normalized spacial score (nSPS) is 11.8. The van der Waals surface area contributed by atoms with Crippen molar-refractivity contribution in [3.63, 3.8) is 0 Å². The Morgan fingerprint density at radius 2 is 1.62 bits per heavy atom. The van der Waals surface area contributed by atoms with Crippen LogP contribution in [0.5, 0.6) is 0 Å². The van der Waals surface area contributed by atoms with E-state index in [9.17, 15) is 9.59 Å². The molecule has 0 spiro atoms. The van der Waals surface area contributed by atoms with E-state index in [4.69, 9.17) is 9.84 Å². The first-order valence-corrected chi connectivity index (χ1v) is 4.91. The van der Waals surface area contributed by atoms with Crippen molar-refractivity contribution in [1.82, 2.24) is 5.32 Å². The maximum absolute atomic E-state index is 11.3. The van der Waals surface area contributed by atoms with Gasteiger partial charge in [0.2, 0.25) is 0 Å². The lowest BCUT2D eigenvalue weighted by Gasteiger charge is -2.25. The van der Waals surface area contributed by atoms with Gasteiger partial charge in [-0.05, 0) is 34.6 Å². The summed E-state index contributed by atoms with van der Waals surface area (Å²) in [5, 5.41) is 10.9. The summed E-state index contributed by atoms with van der Waals surface area (Å²) in [4.78, 5) is 21.6. The highest BCUT2D eigenvalue weighted by Gasteiger charge is 2.25. The van der Waals surface area contributed by atoms with Crippen molar-refractivity contribution in [3.8, 4) is 0 Å². The van der Waals surface area contributed by atoms with Crippen LogP contribution in [0.4, 0.5) is 9.59 Å². The van der Waals surface area contributed by atoms with Gasteiger partial charge in [0.1, 0.15) is 11.2 Å². The van der Waals surface area contributed by atoms with Gasteiger partial charge in [-0.3, -0.25) is 0 Å². The Balaban J connectivity index is 4.05. The lowest BCUT2D eigenvalue weighted by Crippen LogP contribution is -2.43. The molecule has 0 saturated carbocycles. The van der Waals surface area contributed by atoms with E-state index in [-0.39, 0.29) is 6.54 Å². The van der Waals surface area contributed by atoms with Crippen LogP contribution in [0.2, 0.25) is 0 Å². The second-order valence-corrected chi connectivity index (χ2v) is 4.98. The van der Waals surface area contributed by atoms with Crippen LogP contribution in [0.1, 0.15) is 34.6 Å². The zero-order chi connectivity index (χ0) is 13.0. The van der Waals surface area contributed by atoms with E-state index in [1.165, 1.54) is 0 Å². The fraction of sp³-hybridized carbons (Fsp3) is 0.800. The molecule has 2 N–H and O–H groups in total. The third-order valence-electron chi connectivity index (χ3n) is 1.42. The zero-order valence-electron chi connectivity index (χ0n) is 10.3. The number of hydrogen-bond acceptors (Lipinski definition) is 4. The molecule has 0 aromatic heterocycles. The Morgan fingerprint density at radius 1 is 1.12 bits per heavy atom. The predicted octanol–water partition coefficient (Wildman–Crippen LogP) is 1.98. The highest BCUT2D eigenvalue weighted by Crippen LogP contribution is 2.09. The third-order valence-corrected chi connectivity index (χ3v) is 1.42. The van der Waals surface area contributed by atoms with E-state index in [2.05, 4.69) is 10.1 Å². The molecule has 0 rings (SSSR count). The average molecular weight is 233 g/mol. The van der Waals surface area contributed by atoms with E-state index < -0.39 is 23.5 Å². The molecular formula is C10H19NO5. The van der Waals surface area contributed by atoms with Crippen molar-refractivity contribution in [1.29, 1.82) is 0 Å². The van der Waals surface area contributed by atoms with Crippen LogP contribution in [0.15, 0.2) is 0 Å². The summed E-state index contributed by atoms with van der Waals surface area (Å²) < 4.78 is 9.55. The molecule has 6 nitrogen and oxygen atoms in total. The summed E-state index contributed by atoms with van der Waals surface area (Å²) in [5.74, 6) is 0. The van der Waals surface area contributed by atoms with E-state index in [0.717, 1.165) is 0 Å². The van der Waals surface area contributed by atoms with E-state index in [1.54, 1.807) is 34.6 Å². The zero-order valence-corrected chi connectivity index (χ0v) is 10.3. The van der Waals surface area contributed by atoms with Gasteiger partial charge in [0.15, 0.2) is 0 Å². The van der Waals surface area contributed by atoms with Crippen molar-refractivity contribution in [3.05, 3.63) is 0 Å². The molecule has 0 aliphatic carbocycles. The van der Waals surface area contributed by atoms with Gasteiger partial charge in [0, 0.05) is 0 Å². The van der Waals surface area contributed by atoms with Gasteiger partial charge >= 0.3 is 12.2 Å². The summed E-state index contributed by atoms with van der Waals surface area (Å²) in [6, 6.07) is 0. The van der Waals surface area contributed by atoms with E-state index in [0.29, 0.717) is 0 Å². The van der Waals surface area contributed by atoms with Crippen molar-refractivity contribution in [2.24, 2.45) is 0 Å². The van der Waals surface area contributed by atoms with Gasteiger partial charge in [0.25, 0.3) is 0 Å². The van der Waals surface area contributed by atoms with Crippen molar-refractivity contribution in [2.45, 2.75) is 45.8 Å². The standard InChI is InChI=1S/C10H19NO5/c1-9(2,3)15-7(12)11-6-10(4,5)16-8(13)14/h6H2,1-5H3,(H,11,12)(H,13,14). The van der Waals surface area contributed by atoms with Gasteiger partial charge in [-0.1, -0.05) is 0 Å². The highest BCUT2D eigenvalue weighted by atomic mass is 16.7. The quantitative estimate of drug-likeness (QED) is 0.728. The predicted molar refractivity (Wildman–Crippen MR) is 57.4 cm³/mol. The molecule has 0 atom stereocenters. The summed E-state index contributed by atoms with van der Waals surface area (Å²) in [6.45, 7) is 8.38. The van der Waals surface area contributed by atoms with Crippen LogP contribution in [-0.4, -0.2) is 35.1 Å². The molecule has 0 radical (unpaired) electrons. The molecule has 0 bridgehead atoms. The fourth-order valence-corrected chi connectivity index (χ4v) is 0.872. The number of alkyl carbamates (subject to hydrolysis) is 1. The van der Waals surface area contributed by atoms with Gasteiger partial charge in [0.05, 0.1) is 6.54 Å². The summed E-state index contributed by atoms with van der Waals surface area (Å²) in [5.41, 5.74) is -1.56. The number of carbonyl (C=O) groups is 2. The maximum atomic E-state index is 11.3. The minimum Gasteiger partial charge on any atom is -0.450 e. The Hall–Kier alpha value is -1.46. The maximum Gasteiger partial charge on any atom is 0.506 e. The van der Waals surface area contributed by atoms with Crippen molar-refractivity contribution < 1.29 is 24.2 Å². The summed E-state index contributed by atoms with van der Waals surface area (Å²) >= 11 is 0. The smallest absolute Gasteiger partial charge is 0.450 e. The molecule has 0 saturated heterocycles. The molecule has 0 heterocycles. The molecule has 0 aromatic rings. The molecule has 0 aliphatic heterocycles. The minimum absolute atomic E-state index is 0.0498. The Bertz CT molecular complexity index is 267. The number of nitrogens with one attached hydrogen (secondary N) is 1. The lowest BCUT2D eigenvalue weighted by molar-refractivity contribution is -0.000147. The molecule has 6 heteroatoms. The number of carboxylic acid groups (broad SMARTS) is 1. The Morgan fingerprint density at radius 3 is 2.00 bits per heavy atom. The molecule has 0 fully saturated rings.